The van der Waals surface area contributed by atoms with E-state index in [1.807, 2.05) is 31.5 Å². The lowest BCUT2D eigenvalue weighted by atomic mass is 10.4. The van der Waals surface area contributed by atoms with Crippen molar-refractivity contribution in [3.8, 4) is 11.6 Å². The summed E-state index contributed by atoms with van der Waals surface area (Å²) in [4.78, 5) is 11.8. The van der Waals surface area contributed by atoms with Gasteiger partial charge in [0.1, 0.15) is 0 Å². The Bertz CT molecular complexity index is 610. The number of hydrogen-bond donors (Lipinski definition) is 1. The van der Waals surface area contributed by atoms with Gasteiger partial charge in [-0.3, -0.25) is 4.79 Å². The fraction of sp³-hybridized carbons (Fsp3) is 0.533. The van der Waals surface area contributed by atoms with E-state index in [9.17, 15) is 4.79 Å². The zero-order chi connectivity index (χ0) is 16.7. The number of rotatable bonds is 9. The zero-order valence-corrected chi connectivity index (χ0v) is 14.4. The molecule has 1 N–H and O–H groups in total. The zero-order valence-electron chi connectivity index (χ0n) is 13.6. The number of furan rings is 1. The van der Waals surface area contributed by atoms with Crippen LogP contribution >= 0.6 is 11.8 Å². The average Bonchev–Trinajstić information content (AvgIpc) is 3.14. The Morgan fingerprint density at radius 3 is 3.00 bits per heavy atom. The molecule has 0 saturated heterocycles. The molecule has 0 saturated carbocycles. The van der Waals surface area contributed by atoms with Crippen LogP contribution in [0.1, 0.15) is 20.3 Å². The molecule has 2 rings (SSSR count). The average molecular weight is 338 g/mol. The predicted molar refractivity (Wildman–Crippen MR) is 88.1 cm³/mol. The number of hydrogen-bond acceptors (Lipinski definition) is 6. The summed E-state index contributed by atoms with van der Waals surface area (Å²) >= 11 is 1.35. The van der Waals surface area contributed by atoms with Gasteiger partial charge in [0.15, 0.2) is 16.7 Å². The van der Waals surface area contributed by atoms with Crippen LogP contribution < -0.4 is 5.32 Å². The molecule has 0 atom stereocenters. The molecular formula is C15H22N4O3S. The van der Waals surface area contributed by atoms with E-state index in [4.69, 9.17) is 9.15 Å². The van der Waals surface area contributed by atoms with Gasteiger partial charge in [-0.25, -0.2) is 0 Å². The smallest absolute Gasteiger partial charge is 0.230 e. The third-order valence-electron chi connectivity index (χ3n) is 3.00. The molecule has 0 fully saturated rings. The molecule has 2 heterocycles. The van der Waals surface area contributed by atoms with Gasteiger partial charge in [-0.05, 0) is 32.4 Å². The number of carbonyl (C=O) groups excluding carboxylic acids is 1. The van der Waals surface area contributed by atoms with Crippen LogP contribution in [0.15, 0.2) is 28.0 Å². The molecule has 0 aliphatic heterocycles. The van der Waals surface area contributed by atoms with E-state index in [0.717, 1.165) is 6.42 Å². The molecule has 2 aromatic heterocycles. The van der Waals surface area contributed by atoms with Crippen molar-refractivity contribution in [3.63, 3.8) is 0 Å². The van der Waals surface area contributed by atoms with E-state index >= 15 is 0 Å². The second-order valence-corrected chi connectivity index (χ2v) is 6.20. The fourth-order valence-corrected chi connectivity index (χ4v) is 2.60. The minimum atomic E-state index is -0.0258. The van der Waals surface area contributed by atoms with E-state index in [2.05, 4.69) is 15.5 Å². The van der Waals surface area contributed by atoms with Crippen LogP contribution in [-0.4, -0.2) is 45.7 Å². The van der Waals surface area contributed by atoms with Gasteiger partial charge in [0.2, 0.25) is 5.91 Å². The lowest BCUT2D eigenvalue weighted by Crippen LogP contribution is -2.27. The van der Waals surface area contributed by atoms with Crippen molar-refractivity contribution in [2.75, 3.05) is 18.9 Å². The molecule has 0 aliphatic carbocycles. The van der Waals surface area contributed by atoms with Crippen LogP contribution in [0.4, 0.5) is 0 Å². The standard InChI is InChI=1S/C15H22N4O3S/c1-11(2)21-9-5-7-16-13(20)10-23-15-18-17-14(19(15)3)12-6-4-8-22-12/h4,6,8,11H,5,7,9-10H2,1-3H3,(H,16,20). The molecule has 0 radical (unpaired) electrons. The van der Waals surface area contributed by atoms with E-state index < -0.39 is 0 Å². The minimum Gasteiger partial charge on any atom is -0.461 e. The monoisotopic (exact) mass is 338 g/mol. The molecule has 0 spiro atoms. The van der Waals surface area contributed by atoms with Gasteiger partial charge >= 0.3 is 0 Å². The van der Waals surface area contributed by atoms with Gasteiger partial charge in [-0.2, -0.15) is 0 Å². The number of thioether (sulfide) groups is 1. The third kappa shape index (κ3) is 5.40. The molecule has 23 heavy (non-hydrogen) atoms. The van der Waals surface area contributed by atoms with E-state index in [0.29, 0.717) is 35.6 Å². The lowest BCUT2D eigenvalue weighted by molar-refractivity contribution is -0.118. The number of nitrogens with one attached hydrogen (secondary N) is 1. The molecule has 2 aromatic rings. The SMILES string of the molecule is CC(C)OCCCNC(=O)CSc1nnc(-c2ccco2)n1C. The summed E-state index contributed by atoms with van der Waals surface area (Å²) in [7, 11) is 1.85. The summed E-state index contributed by atoms with van der Waals surface area (Å²) in [6, 6.07) is 3.62. The van der Waals surface area contributed by atoms with Crippen LogP contribution in [-0.2, 0) is 16.6 Å². The van der Waals surface area contributed by atoms with Crippen molar-refractivity contribution in [3.05, 3.63) is 18.4 Å². The Morgan fingerprint density at radius 2 is 2.30 bits per heavy atom. The molecule has 7 nitrogen and oxygen atoms in total. The first kappa shape index (κ1) is 17.6. The fourth-order valence-electron chi connectivity index (χ4n) is 1.86. The maximum atomic E-state index is 11.8. The maximum absolute atomic E-state index is 11.8. The quantitative estimate of drug-likeness (QED) is 0.557. The molecular weight excluding hydrogens is 316 g/mol. The van der Waals surface area contributed by atoms with E-state index in [1.165, 1.54) is 11.8 Å². The number of aromatic nitrogens is 3. The van der Waals surface area contributed by atoms with Crippen molar-refractivity contribution < 1.29 is 13.9 Å². The second kappa shape index (κ2) is 8.73. The van der Waals surface area contributed by atoms with Crippen LogP contribution in [0.5, 0.6) is 0 Å². The van der Waals surface area contributed by atoms with Crippen molar-refractivity contribution >= 4 is 17.7 Å². The van der Waals surface area contributed by atoms with Gasteiger partial charge in [-0.15, -0.1) is 10.2 Å². The summed E-state index contributed by atoms with van der Waals surface area (Å²) in [5.41, 5.74) is 0. The highest BCUT2D eigenvalue weighted by Crippen LogP contribution is 2.22. The highest BCUT2D eigenvalue weighted by atomic mass is 32.2. The maximum Gasteiger partial charge on any atom is 0.230 e. The predicted octanol–water partition coefficient (Wildman–Crippen LogP) is 2.10. The van der Waals surface area contributed by atoms with Gasteiger partial charge in [0.05, 0.1) is 18.1 Å². The Kier molecular flexibility index (Phi) is 6.66. The number of carbonyl (C=O) groups is 1. The Morgan fingerprint density at radius 1 is 1.48 bits per heavy atom. The first-order chi connectivity index (χ1) is 11.1. The summed E-state index contributed by atoms with van der Waals surface area (Å²) in [5.74, 6) is 1.57. The lowest BCUT2D eigenvalue weighted by Gasteiger charge is -2.08. The molecule has 1 amide bonds. The van der Waals surface area contributed by atoms with Crippen molar-refractivity contribution in [1.82, 2.24) is 20.1 Å². The van der Waals surface area contributed by atoms with Gasteiger partial charge in [0, 0.05) is 20.2 Å². The first-order valence-corrected chi connectivity index (χ1v) is 8.51. The van der Waals surface area contributed by atoms with Gasteiger partial charge in [-0.1, -0.05) is 11.8 Å². The van der Waals surface area contributed by atoms with E-state index in [-0.39, 0.29) is 12.0 Å². The number of amides is 1. The number of nitrogens with zero attached hydrogens (tertiary/aromatic N) is 3. The second-order valence-electron chi connectivity index (χ2n) is 5.25. The summed E-state index contributed by atoms with van der Waals surface area (Å²) in [5, 5.41) is 11.7. The summed E-state index contributed by atoms with van der Waals surface area (Å²) in [6.07, 6.45) is 2.62. The Balaban J connectivity index is 1.73. The van der Waals surface area contributed by atoms with E-state index in [1.54, 1.807) is 12.3 Å². The third-order valence-corrected chi connectivity index (χ3v) is 4.02. The summed E-state index contributed by atoms with van der Waals surface area (Å²) < 4.78 is 12.5. The molecule has 0 bridgehead atoms. The van der Waals surface area contributed by atoms with Crippen LogP contribution in [0, 0.1) is 0 Å². The van der Waals surface area contributed by atoms with Crippen LogP contribution in [0.25, 0.3) is 11.6 Å². The Hall–Kier alpha value is -1.80. The molecule has 0 unspecified atom stereocenters. The van der Waals surface area contributed by atoms with Gasteiger partial charge in [0.25, 0.3) is 0 Å². The van der Waals surface area contributed by atoms with Crippen molar-refractivity contribution in [2.45, 2.75) is 31.5 Å². The molecule has 126 valence electrons. The minimum absolute atomic E-state index is 0.0258. The van der Waals surface area contributed by atoms with Crippen LogP contribution in [0.3, 0.4) is 0 Å². The molecule has 0 aliphatic rings. The van der Waals surface area contributed by atoms with Crippen LogP contribution in [0.2, 0.25) is 0 Å². The van der Waals surface area contributed by atoms with Gasteiger partial charge < -0.3 is 19.0 Å². The molecule has 0 aromatic carbocycles. The topological polar surface area (TPSA) is 82.2 Å². The number of ether oxygens (including phenoxy) is 1. The highest BCUT2D eigenvalue weighted by Gasteiger charge is 2.14. The molecule has 8 heteroatoms. The first-order valence-electron chi connectivity index (χ1n) is 7.52. The van der Waals surface area contributed by atoms with Crippen molar-refractivity contribution in [2.24, 2.45) is 7.05 Å². The Labute approximate surface area is 139 Å². The largest absolute Gasteiger partial charge is 0.461 e. The summed E-state index contributed by atoms with van der Waals surface area (Å²) in [6.45, 7) is 5.25. The normalized spacial score (nSPS) is 11.1. The highest BCUT2D eigenvalue weighted by molar-refractivity contribution is 7.99. The van der Waals surface area contributed by atoms with Crippen molar-refractivity contribution in [1.29, 1.82) is 0 Å².